The van der Waals surface area contributed by atoms with Crippen LogP contribution >= 0.6 is 0 Å². The summed E-state index contributed by atoms with van der Waals surface area (Å²) in [6.07, 6.45) is 2.01. The summed E-state index contributed by atoms with van der Waals surface area (Å²) < 4.78 is 0. The van der Waals surface area contributed by atoms with Crippen molar-refractivity contribution in [2.75, 3.05) is 0 Å². The van der Waals surface area contributed by atoms with Crippen molar-refractivity contribution in [1.82, 2.24) is 10.7 Å². The number of carbonyl (C=O) groups is 1. The highest BCUT2D eigenvalue weighted by Gasteiger charge is 2.15. The van der Waals surface area contributed by atoms with Crippen molar-refractivity contribution in [2.45, 2.75) is 12.5 Å². The average Bonchev–Trinajstić information content (AvgIpc) is 2.62. The number of hydrogen-bond donors (Lipinski definition) is 2. The number of nitrogens with one attached hydrogen (secondary N) is 2. The first-order valence-electron chi connectivity index (χ1n) is 4.67. The van der Waals surface area contributed by atoms with Gasteiger partial charge in [-0.1, -0.05) is 18.2 Å². The average molecular weight is 203 g/mol. The van der Waals surface area contributed by atoms with E-state index in [2.05, 4.69) is 4.98 Å². The van der Waals surface area contributed by atoms with Crippen LogP contribution in [0.1, 0.15) is 5.56 Å². The third-order valence-electron chi connectivity index (χ3n) is 2.40. The van der Waals surface area contributed by atoms with Gasteiger partial charge in [0.25, 0.3) is 0 Å². The Bertz CT molecular complexity index is 490. The Morgan fingerprint density at radius 1 is 1.47 bits per heavy atom. The highest BCUT2D eigenvalue weighted by Crippen LogP contribution is 2.18. The topological polar surface area (TPSA) is 76.9 Å². The van der Waals surface area contributed by atoms with Gasteiger partial charge in [-0.3, -0.25) is 4.79 Å². The van der Waals surface area contributed by atoms with E-state index in [9.17, 15) is 4.79 Å². The molecule has 0 spiro atoms. The standard InChI is InChI=1S/C11H11N2O2/c12-9(11(14)15)5-7-6-13-10-4-2-1-3-8(7)10/h1-4,6,9,12-13H,5H2,(H,14,15)/t9-/m0/s1. The zero-order chi connectivity index (χ0) is 10.8. The van der Waals surface area contributed by atoms with E-state index in [0.29, 0.717) is 0 Å². The Labute approximate surface area is 86.7 Å². The predicted molar refractivity (Wildman–Crippen MR) is 56.5 cm³/mol. The second-order valence-corrected chi connectivity index (χ2v) is 3.45. The van der Waals surface area contributed by atoms with E-state index >= 15 is 0 Å². The Morgan fingerprint density at radius 3 is 2.93 bits per heavy atom. The van der Waals surface area contributed by atoms with Crippen LogP contribution in [0.5, 0.6) is 0 Å². The number of aromatic nitrogens is 1. The molecule has 2 aromatic rings. The van der Waals surface area contributed by atoms with Gasteiger partial charge in [-0.25, -0.2) is 5.73 Å². The van der Waals surface area contributed by atoms with Crippen molar-refractivity contribution >= 4 is 16.9 Å². The van der Waals surface area contributed by atoms with Gasteiger partial charge >= 0.3 is 5.97 Å². The first kappa shape index (κ1) is 9.73. The number of carboxylic acid groups (broad SMARTS) is 1. The molecule has 4 heteroatoms. The van der Waals surface area contributed by atoms with Gasteiger partial charge in [-0.05, 0) is 11.6 Å². The number of H-pyrrole nitrogens is 1. The van der Waals surface area contributed by atoms with Crippen LogP contribution in [-0.2, 0) is 11.2 Å². The summed E-state index contributed by atoms with van der Waals surface area (Å²) in [5.41, 5.74) is 9.22. The van der Waals surface area contributed by atoms with E-state index in [4.69, 9.17) is 10.8 Å². The van der Waals surface area contributed by atoms with Crippen LogP contribution in [0.4, 0.5) is 0 Å². The maximum Gasteiger partial charge on any atom is 0.322 e. The molecule has 1 atom stereocenters. The summed E-state index contributed by atoms with van der Waals surface area (Å²) in [6.45, 7) is 0. The Morgan fingerprint density at radius 2 is 2.20 bits per heavy atom. The molecule has 15 heavy (non-hydrogen) atoms. The van der Waals surface area contributed by atoms with Gasteiger partial charge in [0.2, 0.25) is 0 Å². The molecule has 3 N–H and O–H groups in total. The number of hydrogen-bond acceptors (Lipinski definition) is 1. The number of carboxylic acids is 1. The number of aliphatic carboxylic acids is 1. The van der Waals surface area contributed by atoms with E-state index in [1.54, 1.807) is 6.20 Å². The highest BCUT2D eigenvalue weighted by molar-refractivity contribution is 5.84. The summed E-state index contributed by atoms with van der Waals surface area (Å²) in [4.78, 5) is 13.6. The lowest BCUT2D eigenvalue weighted by molar-refractivity contribution is -0.138. The first-order chi connectivity index (χ1) is 7.18. The summed E-state index contributed by atoms with van der Waals surface area (Å²) >= 11 is 0. The first-order valence-corrected chi connectivity index (χ1v) is 4.67. The van der Waals surface area contributed by atoms with E-state index < -0.39 is 12.0 Å². The minimum atomic E-state index is -1.09. The SMILES string of the molecule is [NH][C@@H](Cc1c[nH]c2ccccc12)C(=O)O. The van der Waals surface area contributed by atoms with Gasteiger partial charge in [0, 0.05) is 23.5 Å². The fraction of sp³-hybridized carbons (Fsp3) is 0.182. The molecule has 0 aliphatic carbocycles. The molecule has 1 aromatic carbocycles. The van der Waals surface area contributed by atoms with Gasteiger partial charge < -0.3 is 10.1 Å². The second-order valence-electron chi connectivity index (χ2n) is 3.45. The van der Waals surface area contributed by atoms with E-state index in [-0.39, 0.29) is 6.42 Å². The molecule has 1 radical (unpaired) electrons. The molecule has 0 aliphatic rings. The molecule has 77 valence electrons. The van der Waals surface area contributed by atoms with Crippen molar-refractivity contribution in [2.24, 2.45) is 0 Å². The summed E-state index contributed by atoms with van der Waals surface area (Å²) in [5, 5.41) is 9.65. The molecule has 0 aliphatic heterocycles. The van der Waals surface area contributed by atoms with Crippen LogP contribution in [0.15, 0.2) is 30.5 Å². The molecule has 0 amide bonds. The zero-order valence-electron chi connectivity index (χ0n) is 8.03. The molecule has 0 fully saturated rings. The van der Waals surface area contributed by atoms with Crippen LogP contribution < -0.4 is 5.73 Å². The van der Waals surface area contributed by atoms with Gasteiger partial charge in [0.15, 0.2) is 0 Å². The maximum atomic E-state index is 10.6. The second kappa shape index (κ2) is 3.74. The summed E-state index contributed by atoms with van der Waals surface area (Å²) in [7, 11) is 0. The molecule has 0 saturated heterocycles. The third kappa shape index (κ3) is 1.85. The Hall–Kier alpha value is -1.81. The molecule has 1 heterocycles. The van der Waals surface area contributed by atoms with E-state index in [0.717, 1.165) is 16.5 Å². The molecular formula is C11H11N2O2. The minimum Gasteiger partial charge on any atom is -0.480 e. The van der Waals surface area contributed by atoms with Gasteiger partial charge in [0.05, 0.1) is 0 Å². The number of aromatic amines is 1. The highest BCUT2D eigenvalue weighted by atomic mass is 16.4. The van der Waals surface area contributed by atoms with Crippen molar-refractivity contribution in [3.8, 4) is 0 Å². The van der Waals surface area contributed by atoms with Crippen LogP contribution in [0.3, 0.4) is 0 Å². The Kier molecular flexibility index (Phi) is 2.43. The fourth-order valence-electron chi connectivity index (χ4n) is 1.61. The molecular weight excluding hydrogens is 192 g/mol. The zero-order valence-corrected chi connectivity index (χ0v) is 8.03. The lowest BCUT2D eigenvalue weighted by atomic mass is 10.1. The van der Waals surface area contributed by atoms with Crippen molar-refractivity contribution in [3.05, 3.63) is 36.0 Å². The fourth-order valence-corrected chi connectivity index (χ4v) is 1.61. The number of benzene rings is 1. The molecule has 1 aromatic heterocycles. The van der Waals surface area contributed by atoms with Gasteiger partial charge in [0.1, 0.15) is 6.04 Å². The minimum absolute atomic E-state index is 0.235. The predicted octanol–water partition coefficient (Wildman–Crippen LogP) is 1.45. The molecule has 2 rings (SSSR count). The van der Waals surface area contributed by atoms with E-state index in [1.165, 1.54) is 0 Å². The largest absolute Gasteiger partial charge is 0.480 e. The Balaban J connectivity index is 2.32. The number of para-hydroxylation sites is 1. The van der Waals surface area contributed by atoms with Crippen LogP contribution in [0.2, 0.25) is 0 Å². The van der Waals surface area contributed by atoms with Crippen LogP contribution in [0.25, 0.3) is 10.9 Å². The van der Waals surface area contributed by atoms with E-state index in [1.807, 2.05) is 24.3 Å². The van der Waals surface area contributed by atoms with Crippen molar-refractivity contribution in [3.63, 3.8) is 0 Å². The summed E-state index contributed by atoms with van der Waals surface area (Å²) in [5.74, 6) is -1.08. The molecule has 0 saturated carbocycles. The summed E-state index contributed by atoms with van der Waals surface area (Å²) in [6, 6.07) is 6.58. The molecule has 0 unspecified atom stereocenters. The maximum absolute atomic E-state index is 10.6. The monoisotopic (exact) mass is 203 g/mol. The van der Waals surface area contributed by atoms with Crippen LogP contribution in [0, 0.1) is 0 Å². The van der Waals surface area contributed by atoms with Crippen molar-refractivity contribution in [1.29, 1.82) is 0 Å². The lowest BCUT2D eigenvalue weighted by Crippen LogP contribution is -2.23. The quantitative estimate of drug-likeness (QED) is 0.791. The number of rotatable bonds is 3. The molecule has 4 nitrogen and oxygen atoms in total. The third-order valence-corrected chi connectivity index (χ3v) is 2.40. The molecule has 0 bridgehead atoms. The van der Waals surface area contributed by atoms with Gasteiger partial charge in [-0.2, -0.15) is 0 Å². The smallest absolute Gasteiger partial charge is 0.322 e. The van der Waals surface area contributed by atoms with Crippen molar-refractivity contribution < 1.29 is 9.90 Å². The number of fused-ring (bicyclic) bond motifs is 1. The lowest BCUT2D eigenvalue weighted by Gasteiger charge is -2.03. The normalized spacial score (nSPS) is 12.9. The van der Waals surface area contributed by atoms with Crippen LogP contribution in [-0.4, -0.2) is 22.1 Å². The van der Waals surface area contributed by atoms with Gasteiger partial charge in [-0.15, -0.1) is 0 Å².